The molecule has 0 spiro atoms. The van der Waals surface area contributed by atoms with Crippen LogP contribution in [-0.2, 0) is 9.59 Å². The van der Waals surface area contributed by atoms with Crippen molar-refractivity contribution in [3.8, 4) is 0 Å². The highest BCUT2D eigenvalue weighted by molar-refractivity contribution is 9.09. The van der Waals surface area contributed by atoms with Crippen LogP contribution in [0.25, 0.3) is 0 Å². The predicted molar refractivity (Wildman–Crippen MR) is 73.5 cm³/mol. The molecule has 0 aliphatic heterocycles. The summed E-state index contributed by atoms with van der Waals surface area (Å²) in [6.07, 6.45) is 1.34. The summed E-state index contributed by atoms with van der Waals surface area (Å²) < 4.78 is 0. The van der Waals surface area contributed by atoms with Gasteiger partial charge in [-0.25, -0.2) is 0 Å². The molecule has 0 aromatic heterocycles. The van der Waals surface area contributed by atoms with Gasteiger partial charge in [-0.3, -0.25) is 9.59 Å². The zero-order chi connectivity index (χ0) is 13.2. The van der Waals surface area contributed by atoms with Crippen LogP contribution in [0, 0.1) is 5.41 Å². The Labute approximate surface area is 115 Å². The van der Waals surface area contributed by atoms with Crippen molar-refractivity contribution in [1.29, 1.82) is 0 Å². The van der Waals surface area contributed by atoms with Crippen molar-refractivity contribution in [1.82, 2.24) is 5.32 Å². The molecule has 0 unspecified atom stereocenters. The monoisotopic (exact) mass is 309 g/mol. The minimum atomic E-state index is -0.757. The van der Waals surface area contributed by atoms with E-state index in [0.717, 1.165) is 5.56 Å². The van der Waals surface area contributed by atoms with Crippen molar-refractivity contribution in [3.05, 3.63) is 35.9 Å². The normalized spacial score (nSPS) is 17.9. The topological polar surface area (TPSA) is 46.2 Å². The van der Waals surface area contributed by atoms with Crippen LogP contribution in [0.3, 0.4) is 0 Å². The minimum absolute atomic E-state index is 0.0136. The molecular formula is C14H16BrNO2. The molecular weight excluding hydrogens is 294 g/mol. The molecule has 2 rings (SSSR count). The lowest BCUT2D eigenvalue weighted by molar-refractivity contribution is -0.135. The number of benzene rings is 1. The molecule has 0 heterocycles. The zero-order valence-corrected chi connectivity index (χ0v) is 11.9. The molecule has 0 saturated heterocycles. The third-order valence-corrected chi connectivity index (χ3v) is 4.00. The van der Waals surface area contributed by atoms with E-state index in [9.17, 15) is 9.59 Å². The maximum absolute atomic E-state index is 12.2. The summed E-state index contributed by atoms with van der Waals surface area (Å²) >= 11 is 3.14. The number of nitrogens with one attached hydrogen (secondary N) is 1. The van der Waals surface area contributed by atoms with Gasteiger partial charge < -0.3 is 5.32 Å². The number of ketones is 1. The molecule has 1 saturated carbocycles. The van der Waals surface area contributed by atoms with E-state index in [1.165, 1.54) is 0 Å². The Kier molecular flexibility index (Phi) is 3.85. The molecule has 1 aromatic rings. The molecule has 96 valence electrons. The highest BCUT2D eigenvalue weighted by atomic mass is 79.9. The molecule has 1 aromatic carbocycles. The van der Waals surface area contributed by atoms with Crippen LogP contribution < -0.4 is 5.32 Å². The number of halogens is 1. The predicted octanol–water partition coefficient (Wildman–Crippen LogP) is 2.61. The summed E-state index contributed by atoms with van der Waals surface area (Å²) in [5.74, 6) is -0.149. The maximum atomic E-state index is 12.2. The van der Waals surface area contributed by atoms with Crippen LogP contribution in [0.5, 0.6) is 0 Å². The highest BCUT2D eigenvalue weighted by Crippen LogP contribution is 2.47. The van der Waals surface area contributed by atoms with E-state index in [2.05, 4.69) is 21.2 Å². The third-order valence-electron chi connectivity index (χ3n) is 3.49. The Hall–Kier alpha value is -1.16. The largest absolute Gasteiger partial charge is 0.349 e. The van der Waals surface area contributed by atoms with Gasteiger partial charge in [-0.05, 0) is 25.3 Å². The van der Waals surface area contributed by atoms with Gasteiger partial charge in [0.2, 0.25) is 5.91 Å². The number of hydrogen-bond acceptors (Lipinski definition) is 2. The lowest BCUT2D eigenvalue weighted by Gasteiger charge is -2.18. The Morgan fingerprint density at radius 3 is 2.44 bits per heavy atom. The fourth-order valence-corrected chi connectivity index (χ4v) is 2.58. The van der Waals surface area contributed by atoms with Crippen molar-refractivity contribution in [2.24, 2.45) is 5.41 Å². The number of carbonyl (C=O) groups is 2. The van der Waals surface area contributed by atoms with E-state index >= 15 is 0 Å². The minimum Gasteiger partial charge on any atom is -0.349 e. The quantitative estimate of drug-likeness (QED) is 0.671. The van der Waals surface area contributed by atoms with Crippen molar-refractivity contribution in [3.63, 3.8) is 0 Å². The molecule has 0 bridgehead atoms. The molecule has 1 amide bonds. The second kappa shape index (κ2) is 5.22. The molecule has 0 radical (unpaired) electrons. The van der Waals surface area contributed by atoms with Crippen molar-refractivity contribution in [2.45, 2.75) is 25.8 Å². The molecule has 1 aliphatic carbocycles. The fourth-order valence-electron chi connectivity index (χ4n) is 2.05. The molecule has 1 fully saturated rings. The number of carbonyl (C=O) groups excluding carboxylic acids is 2. The standard InChI is InChI=1S/C14H16BrNO2/c1-10(11-5-3-2-4-6-11)16-13(18)14(7-8-14)12(17)9-15/h2-6,10H,7-9H2,1H3,(H,16,18)/t10-/m1/s1. The second-order valence-electron chi connectivity index (χ2n) is 4.74. The molecule has 3 nitrogen and oxygen atoms in total. The summed E-state index contributed by atoms with van der Waals surface area (Å²) in [7, 11) is 0. The van der Waals surface area contributed by atoms with E-state index in [1.54, 1.807) is 0 Å². The second-order valence-corrected chi connectivity index (χ2v) is 5.31. The summed E-state index contributed by atoms with van der Waals surface area (Å²) in [6.45, 7) is 1.93. The Morgan fingerprint density at radius 2 is 1.94 bits per heavy atom. The van der Waals surface area contributed by atoms with Crippen LogP contribution in [-0.4, -0.2) is 17.0 Å². The number of Topliss-reactive ketones (excluding diaryl/α,β-unsaturated/α-hetero) is 1. The van der Waals surface area contributed by atoms with Gasteiger partial charge >= 0.3 is 0 Å². The van der Waals surface area contributed by atoms with Crippen LogP contribution in [0.2, 0.25) is 0 Å². The fraction of sp³-hybridized carbons (Fsp3) is 0.429. The van der Waals surface area contributed by atoms with Gasteiger partial charge in [-0.15, -0.1) is 0 Å². The first kappa shape index (κ1) is 13.3. The lowest BCUT2D eigenvalue weighted by Crippen LogP contribution is -2.38. The van der Waals surface area contributed by atoms with Crippen LogP contribution in [0.4, 0.5) is 0 Å². The zero-order valence-electron chi connectivity index (χ0n) is 10.3. The summed E-state index contributed by atoms with van der Waals surface area (Å²) in [5, 5.41) is 3.18. The van der Waals surface area contributed by atoms with Crippen molar-refractivity contribution in [2.75, 3.05) is 5.33 Å². The first-order valence-corrected chi connectivity index (χ1v) is 7.17. The SMILES string of the molecule is C[C@@H](NC(=O)C1(C(=O)CBr)CC1)c1ccccc1. The van der Waals surface area contributed by atoms with Crippen molar-refractivity contribution >= 4 is 27.6 Å². The third kappa shape index (κ3) is 2.48. The van der Waals surface area contributed by atoms with Gasteiger partial charge in [0, 0.05) is 0 Å². The first-order chi connectivity index (χ1) is 8.60. The Morgan fingerprint density at radius 1 is 1.33 bits per heavy atom. The number of alkyl halides is 1. The van der Waals surface area contributed by atoms with Crippen molar-refractivity contribution < 1.29 is 9.59 Å². The van der Waals surface area contributed by atoms with E-state index < -0.39 is 5.41 Å². The van der Waals surface area contributed by atoms with Gasteiger partial charge in [0.05, 0.1) is 11.4 Å². The van der Waals surface area contributed by atoms with E-state index in [4.69, 9.17) is 0 Å². The average Bonchev–Trinajstić information content (AvgIpc) is 3.20. The smallest absolute Gasteiger partial charge is 0.234 e. The Bertz CT molecular complexity index is 454. The molecule has 1 atom stereocenters. The molecule has 1 aliphatic rings. The van der Waals surface area contributed by atoms with Crippen LogP contribution >= 0.6 is 15.9 Å². The van der Waals surface area contributed by atoms with Gasteiger partial charge in [-0.2, -0.15) is 0 Å². The Balaban J connectivity index is 2.02. The summed E-state index contributed by atoms with van der Waals surface area (Å²) in [4.78, 5) is 23.9. The van der Waals surface area contributed by atoms with E-state index in [0.29, 0.717) is 12.8 Å². The maximum Gasteiger partial charge on any atom is 0.234 e. The van der Waals surface area contributed by atoms with E-state index in [-0.39, 0.29) is 23.1 Å². The average molecular weight is 310 g/mol. The number of rotatable bonds is 5. The lowest BCUT2D eigenvalue weighted by atomic mass is 10.00. The van der Waals surface area contributed by atoms with Crippen LogP contribution in [0.1, 0.15) is 31.4 Å². The van der Waals surface area contributed by atoms with Gasteiger partial charge in [-0.1, -0.05) is 46.3 Å². The number of amides is 1. The van der Waals surface area contributed by atoms with Crippen LogP contribution in [0.15, 0.2) is 30.3 Å². The summed E-state index contributed by atoms with van der Waals surface area (Å²) in [6, 6.07) is 9.69. The van der Waals surface area contributed by atoms with E-state index in [1.807, 2.05) is 37.3 Å². The van der Waals surface area contributed by atoms with Gasteiger partial charge in [0.25, 0.3) is 0 Å². The summed E-state index contributed by atoms with van der Waals surface area (Å²) in [5.41, 5.74) is 0.292. The molecule has 4 heteroatoms. The first-order valence-electron chi connectivity index (χ1n) is 6.05. The number of hydrogen-bond donors (Lipinski definition) is 1. The molecule has 18 heavy (non-hydrogen) atoms. The highest BCUT2D eigenvalue weighted by Gasteiger charge is 2.55. The molecule has 1 N–H and O–H groups in total. The van der Waals surface area contributed by atoms with Gasteiger partial charge in [0.15, 0.2) is 5.78 Å². The van der Waals surface area contributed by atoms with Gasteiger partial charge in [0.1, 0.15) is 5.41 Å².